The molecule has 1 unspecified atom stereocenters. The monoisotopic (exact) mass is 390 g/mol. The Bertz CT molecular complexity index is 700. The normalized spacial score (nSPS) is 17.3. The fourth-order valence-electron chi connectivity index (χ4n) is 2.79. The van der Waals surface area contributed by atoms with E-state index in [1.54, 1.807) is 17.4 Å². The Labute approximate surface area is 149 Å². The largest absolute Gasteiger partial charge is 0.356 e. The third-order valence-corrected chi connectivity index (χ3v) is 4.61. The molecule has 1 aromatic carbocycles. The van der Waals surface area contributed by atoms with E-state index in [0.29, 0.717) is 13.1 Å². The number of carbonyl (C=O) groups excluding carboxylic acids is 2. The molecule has 1 saturated heterocycles. The Morgan fingerprint density at radius 2 is 2.12 bits per heavy atom. The van der Waals surface area contributed by atoms with E-state index in [1.807, 2.05) is 35.0 Å². The fraction of sp³-hybridized carbons (Fsp3) is 0.353. The summed E-state index contributed by atoms with van der Waals surface area (Å²) in [4.78, 5) is 30.1. The van der Waals surface area contributed by atoms with Crippen molar-refractivity contribution < 1.29 is 9.59 Å². The molecule has 1 N–H and O–H groups in total. The first kappa shape index (κ1) is 16.7. The number of nitrogens with zero attached hydrogens (tertiary/aromatic N) is 3. The number of halogens is 1. The number of amides is 2. The van der Waals surface area contributed by atoms with E-state index in [1.165, 1.54) is 0 Å². The summed E-state index contributed by atoms with van der Waals surface area (Å²) in [6.07, 6.45) is 6.49. The number of rotatable bonds is 6. The lowest BCUT2D eigenvalue weighted by atomic mass is 10.1. The highest BCUT2D eigenvalue weighted by Crippen LogP contribution is 2.26. The predicted molar refractivity (Wildman–Crippen MR) is 94.5 cm³/mol. The molecule has 2 heterocycles. The van der Waals surface area contributed by atoms with Gasteiger partial charge in [0, 0.05) is 48.6 Å². The van der Waals surface area contributed by atoms with Gasteiger partial charge in [-0.1, -0.05) is 15.9 Å². The number of nitrogens with one attached hydrogen (secondary N) is 1. The van der Waals surface area contributed by atoms with E-state index in [2.05, 4.69) is 26.2 Å². The van der Waals surface area contributed by atoms with E-state index in [-0.39, 0.29) is 24.2 Å². The van der Waals surface area contributed by atoms with Crippen LogP contribution in [0.2, 0.25) is 0 Å². The summed E-state index contributed by atoms with van der Waals surface area (Å²) in [6, 6.07) is 7.55. The number of aromatic nitrogens is 2. The highest BCUT2D eigenvalue weighted by Gasteiger charge is 2.34. The SMILES string of the molecule is O=C(NCCCn1ccnc1)C1CC(=O)N(c2ccc(Br)cc2)C1. The Morgan fingerprint density at radius 3 is 2.83 bits per heavy atom. The second-order valence-electron chi connectivity index (χ2n) is 5.83. The number of anilines is 1. The smallest absolute Gasteiger partial charge is 0.227 e. The minimum Gasteiger partial charge on any atom is -0.356 e. The van der Waals surface area contributed by atoms with E-state index in [9.17, 15) is 9.59 Å². The van der Waals surface area contributed by atoms with Gasteiger partial charge in [-0.2, -0.15) is 0 Å². The lowest BCUT2D eigenvalue weighted by molar-refractivity contribution is -0.126. The van der Waals surface area contributed by atoms with Crippen molar-refractivity contribution in [1.29, 1.82) is 0 Å². The van der Waals surface area contributed by atoms with Crippen LogP contribution in [0.1, 0.15) is 12.8 Å². The molecule has 3 rings (SSSR count). The Kier molecular flexibility index (Phi) is 5.30. The molecule has 2 aromatic rings. The molecule has 1 aliphatic heterocycles. The second kappa shape index (κ2) is 7.61. The van der Waals surface area contributed by atoms with Gasteiger partial charge in [-0.15, -0.1) is 0 Å². The number of imidazole rings is 1. The summed E-state index contributed by atoms with van der Waals surface area (Å²) in [7, 11) is 0. The summed E-state index contributed by atoms with van der Waals surface area (Å²) >= 11 is 3.38. The average Bonchev–Trinajstić information content (AvgIpc) is 3.22. The van der Waals surface area contributed by atoms with Crippen LogP contribution in [0.5, 0.6) is 0 Å². The van der Waals surface area contributed by atoms with Crippen molar-refractivity contribution in [2.45, 2.75) is 19.4 Å². The number of benzene rings is 1. The zero-order valence-corrected chi connectivity index (χ0v) is 14.8. The van der Waals surface area contributed by atoms with Crippen molar-refractivity contribution in [2.75, 3.05) is 18.0 Å². The van der Waals surface area contributed by atoms with Crippen molar-refractivity contribution in [3.63, 3.8) is 0 Å². The third kappa shape index (κ3) is 4.03. The third-order valence-electron chi connectivity index (χ3n) is 4.09. The van der Waals surface area contributed by atoms with Crippen molar-refractivity contribution >= 4 is 33.4 Å². The Balaban J connectivity index is 1.47. The van der Waals surface area contributed by atoms with Crippen LogP contribution in [0, 0.1) is 5.92 Å². The molecule has 0 spiro atoms. The first-order valence-electron chi connectivity index (χ1n) is 7.93. The maximum atomic E-state index is 12.3. The predicted octanol–water partition coefficient (Wildman–Crippen LogP) is 2.20. The standard InChI is InChI=1S/C17H19BrN4O2/c18-14-2-4-15(5-3-14)22-11-13(10-16(22)23)17(24)20-6-1-8-21-9-7-19-12-21/h2-5,7,9,12-13H,1,6,8,10-11H2,(H,20,24). The van der Waals surface area contributed by atoms with Crippen LogP contribution < -0.4 is 10.2 Å². The first-order valence-corrected chi connectivity index (χ1v) is 8.72. The first-order chi connectivity index (χ1) is 11.6. The zero-order chi connectivity index (χ0) is 16.9. The van der Waals surface area contributed by atoms with E-state index >= 15 is 0 Å². The highest BCUT2D eigenvalue weighted by atomic mass is 79.9. The highest BCUT2D eigenvalue weighted by molar-refractivity contribution is 9.10. The Hall–Kier alpha value is -2.15. The molecule has 0 bridgehead atoms. The van der Waals surface area contributed by atoms with Crippen molar-refractivity contribution in [1.82, 2.24) is 14.9 Å². The van der Waals surface area contributed by atoms with Gasteiger partial charge in [-0.25, -0.2) is 4.98 Å². The van der Waals surface area contributed by atoms with E-state index in [4.69, 9.17) is 0 Å². The molecule has 0 radical (unpaired) electrons. The summed E-state index contributed by atoms with van der Waals surface area (Å²) in [5.41, 5.74) is 0.832. The number of hydrogen-bond acceptors (Lipinski definition) is 3. The summed E-state index contributed by atoms with van der Waals surface area (Å²) in [5, 5.41) is 2.93. The number of aryl methyl sites for hydroxylation is 1. The van der Waals surface area contributed by atoms with Crippen molar-refractivity contribution in [2.24, 2.45) is 5.92 Å². The fourth-order valence-corrected chi connectivity index (χ4v) is 3.05. The Morgan fingerprint density at radius 1 is 1.33 bits per heavy atom. The van der Waals surface area contributed by atoms with Gasteiger partial charge in [-0.05, 0) is 30.7 Å². The van der Waals surface area contributed by atoms with Crippen LogP contribution in [-0.4, -0.2) is 34.5 Å². The maximum absolute atomic E-state index is 12.3. The topological polar surface area (TPSA) is 67.2 Å². The molecule has 1 fully saturated rings. The van der Waals surface area contributed by atoms with Gasteiger partial charge in [0.05, 0.1) is 12.2 Å². The minimum atomic E-state index is -0.283. The van der Waals surface area contributed by atoms with Crippen LogP contribution in [-0.2, 0) is 16.1 Å². The van der Waals surface area contributed by atoms with E-state index in [0.717, 1.165) is 23.1 Å². The number of hydrogen-bond donors (Lipinski definition) is 1. The average molecular weight is 391 g/mol. The molecule has 126 valence electrons. The quantitative estimate of drug-likeness (QED) is 0.768. The molecule has 0 aliphatic carbocycles. The number of carbonyl (C=O) groups is 2. The molecule has 24 heavy (non-hydrogen) atoms. The van der Waals surface area contributed by atoms with Crippen LogP contribution in [0.25, 0.3) is 0 Å². The summed E-state index contributed by atoms with van der Waals surface area (Å²) < 4.78 is 2.94. The molecule has 1 atom stereocenters. The van der Waals surface area contributed by atoms with Crippen LogP contribution in [0.3, 0.4) is 0 Å². The zero-order valence-electron chi connectivity index (χ0n) is 13.2. The molecule has 1 aliphatic rings. The van der Waals surface area contributed by atoms with Crippen molar-refractivity contribution in [3.05, 3.63) is 47.5 Å². The van der Waals surface area contributed by atoms with Crippen LogP contribution in [0.4, 0.5) is 5.69 Å². The van der Waals surface area contributed by atoms with Gasteiger partial charge >= 0.3 is 0 Å². The molecule has 7 heteroatoms. The van der Waals surface area contributed by atoms with Gasteiger partial charge in [0.1, 0.15) is 0 Å². The van der Waals surface area contributed by atoms with Gasteiger partial charge in [0.25, 0.3) is 0 Å². The summed E-state index contributed by atoms with van der Waals surface area (Å²) in [6.45, 7) is 1.85. The van der Waals surface area contributed by atoms with Crippen LogP contribution >= 0.6 is 15.9 Å². The van der Waals surface area contributed by atoms with Crippen molar-refractivity contribution in [3.8, 4) is 0 Å². The lowest BCUT2D eigenvalue weighted by Gasteiger charge is -2.16. The molecule has 0 saturated carbocycles. The molecule has 1 aromatic heterocycles. The van der Waals surface area contributed by atoms with Gasteiger partial charge in [0.15, 0.2) is 0 Å². The molecular formula is C17H19BrN4O2. The second-order valence-corrected chi connectivity index (χ2v) is 6.74. The lowest BCUT2D eigenvalue weighted by Crippen LogP contribution is -2.33. The van der Waals surface area contributed by atoms with Gasteiger partial charge in [0.2, 0.25) is 11.8 Å². The summed E-state index contributed by atoms with van der Waals surface area (Å²) in [5.74, 6) is -0.334. The maximum Gasteiger partial charge on any atom is 0.227 e. The van der Waals surface area contributed by atoms with Crippen LogP contribution in [0.15, 0.2) is 47.5 Å². The minimum absolute atomic E-state index is 0.00381. The van der Waals surface area contributed by atoms with Gasteiger partial charge < -0.3 is 14.8 Å². The van der Waals surface area contributed by atoms with E-state index < -0.39 is 0 Å². The molecule has 2 amide bonds. The van der Waals surface area contributed by atoms with Gasteiger partial charge in [-0.3, -0.25) is 9.59 Å². The molecular weight excluding hydrogens is 372 g/mol. The molecule has 6 nitrogen and oxygen atoms in total.